The summed E-state index contributed by atoms with van der Waals surface area (Å²) in [5.41, 5.74) is 1.23. The third kappa shape index (κ3) is 3.48. The molecule has 1 atom stereocenters. The molecule has 1 aromatic heterocycles. The molecular formula is C15H21N3OS. The molecule has 0 spiro atoms. The summed E-state index contributed by atoms with van der Waals surface area (Å²) in [4.78, 5) is 4.48. The van der Waals surface area contributed by atoms with E-state index in [0.29, 0.717) is 5.92 Å². The average molecular weight is 291 g/mol. The van der Waals surface area contributed by atoms with Gasteiger partial charge in [-0.05, 0) is 23.6 Å². The largest absolute Gasteiger partial charge is 0.497 e. The molecule has 2 aromatic rings. The van der Waals surface area contributed by atoms with Crippen molar-refractivity contribution in [3.63, 3.8) is 0 Å². The van der Waals surface area contributed by atoms with E-state index in [1.54, 1.807) is 7.11 Å². The Hall–Kier alpha value is -1.62. The number of ether oxygens (including phenoxy) is 1. The Labute approximate surface area is 124 Å². The molecule has 2 rings (SSSR count). The maximum absolute atomic E-state index is 5.20. The molecule has 1 unspecified atom stereocenters. The van der Waals surface area contributed by atoms with Crippen LogP contribution in [0.25, 0.3) is 0 Å². The minimum atomic E-state index is 0.221. The summed E-state index contributed by atoms with van der Waals surface area (Å²) in [5.74, 6) is 2.23. The second-order valence-corrected chi connectivity index (χ2v) is 5.76. The van der Waals surface area contributed by atoms with Crippen molar-refractivity contribution in [3.8, 4) is 5.75 Å². The lowest BCUT2D eigenvalue weighted by Gasteiger charge is -2.22. The van der Waals surface area contributed by atoms with Crippen molar-refractivity contribution in [1.29, 1.82) is 0 Å². The normalized spacial score (nSPS) is 12.4. The molecule has 108 valence electrons. The van der Waals surface area contributed by atoms with E-state index in [2.05, 4.69) is 47.6 Å². The van der Waals surface area contributed by atoms with Gasteiger partial charge in [0, 0.05) is 18.0 Å². The van der Waals surface area contributed by atoms with Crippen molar-refractivity contribution in [2.75, 3.05) is 12.4 Å². The predicted molar refractivity (Wildman–Crippen MR) is 83.5 cm³/mol. The Balaban J connectivity index is 2.17. The van der Waals surface area contributed by atoms with E-state index in [4.69, 9.17) is 4.74 Å². The molecule has 0 amide bonds. The predicted octanol–water partition coefficient (Wildman–Crippen LogP) is 3.92. The van der Waals surface area contributed by atoms with Crippen LogP contribution in [-0.2, 0) is 6.42 Å². The summed E-state index contributed by atoms with van der Waals surface area (Å²) in [6, 6.07) is 8.39. The first-order valence-electron chi connectivity index (χ1n) is 6.87. The van der Waals surface area contributed by atoms with E-state index in [1.807, 2.05) is 12.1 Å². The molecule has 5 heteroatoms. The van der Waals surface area contributed by atoms with Gasteiger partial charge in [0.05, 0.1) is 13.2 Å². The average Bonchev–Trinajstić information content (AvgIpc) is 2.92. The Morgan fingerprint density at radius 1 is 1.25 bits per heavy atom. The molecule has 0 saturated carbocycles. The van der Waals surface area contributed by atoms with Gasteiger partial charge < -0.3 is 10.1 Å². The SMILES string of the molecule is CCc1nsc(NC(c2ccc(OC)cc2)C(C)C)n1. The summed E-state index contributed by atoms with van der Waals surface area (Å²) < 4.78 is 9.52. The lowest BCUT2D eigenvalue weighted by molar-refractivity contribution is 0.414. The van der Waals surface area contributed by atoms with Crippen LogP contribution in [0.4, 0.5) is 5.13 Å². The molecule has 1 N–H and O–H groups in total. The summed E-state index contributed by atoms with van der Waals surface area (Å²) >= 11 is 1.43. The first-order valence-corrected chi connectivity index (χ1v) is 7.64. The van der Waals surface area contributed by atoms with E-state index in [1.165, 1.54) is 17.1 Å². The molecule has 0 bridgehead atoms. The molecule has 0 aliphatic rings. The van der Waals surface area contributed by atoms with Crippen LogP contribution >= 0.6 is 11.5 Å². The van der Waals surface area contributed by atoms with Gasteiger partial charge in [-0.25, -0.2) is 4.98 Å². The van der Waals surface area contributed by atoms with Crippen molar-refractivity contribution < 1.29 is 4.74 Å². The number of nitrogens with one attached hydrogen (secondary N) is 1. The molecule has 0 radical (unpaired) electrons. The van der Waals surface area contributed by atoms with E-state index in [9.17, 15) is 0 Å². The highest BCUT2D eigenvalue weighted by atomic mass is 32.1. The van der Waals surface area contributed by atoms with Gasteiger partial charge >= 0.3 is 0 Å². The van der Waals surface area contributed by atoms with E-state index in [0.717, 1.165) is 23.1 Å². The maximum Gasteiger partial charge on any atom is 0.203 e. The number of benzene rings is 1. The van der Waals surface area contributed by atoms with Gasteiger partial charge in [0.1, 0.15) is 11.6 Å². The monoisotopic (exact) mass is 291 g/mol. The second-order valence-electron chi connectivity index (χ2n) is 5.01. The third-order valence-corrected chi connectivity index (χ3v) is 3.89. The van der Waals surface area contributed by atoms with Crippen LogP contribution in [0.3, 0.4) is 0 Å². The van der Waals surface area contributed by atoms with Crippen LogP contribution < -0.4 is 10.1 Å². The number of methoxy groups -OCH3 is 1. The summed E-state index contributed by atoms with van der Waals surface area (Å²) in [7, 11) is 1.68. The molecule has 4 nitrogen and oxygen atoms in total. The highest BCUT2D eigenvalue weighted by Gasteiger charge is 2.17. The fourth-order valence-corrected chi connectivity index (χ4v) is 2.72. The number of rotatable bonds is 6. The molecule has 0 aliphatic heterocycles. The maximum atomic E-state index is 5.20. The molecule has 0 saturated heterocycles. The fraction of sp³-hybridized carbons (Fsp3) is 0.467. The molecule has 0 fully saturated rings. The number of aryl methyl sites for hydroxylation is 1. The number of nitrogens with zero attached hydrogens (tertiary/aromatic N) is 2. The van der Waals surface area contributed by atoms with Crippen LogP contribution in [0.2, 0.25) is 0 Å². The van der Waals surface area contributed by atoms with Crippen molar-refractivity contribution >= 4 is 16.7 Å². The number of hydrogen-bond donors (Lipinski definition) is 1. The van der Waals surface area contributed by atoms with Gasteiger partial charge in [-0.2, -0.15) is 4.37 Å². The van der Waals surface area contributed by atoms with Crippen LogP contribution in [0.1, 0.15) is 38.2 Å². The van der Waals surface area contributed by atoms with Gasteiger partial charge in [0.2, 0.25) is 5.13 Å². The van der Waals surface area contributed by atoms with Crippen LogP contribution in [0.15, 0.2) is 24.3 Å². The molecule has 1 heterocycles. The van der Waals surface area contributed by atoms with Gasteiger partial charge in [0.25, 0.3) is 0 Å². The van der Waals surface area contributed by atoms with E-state index < -0.39 is 0 Å². The van der Waals surface area contributed by atoms with Crippen molar-refractivity contribution in [2.24, 2.45) is 5.92 Å². The summed E-state index contributed by atoms with van der Waals surface area (Å²) in [6.07, 6.45) is 0.868. The highest BCUT2D eigenvalue weighted by molar-refractivity contribution is 7.09. The van der Waals surface area contributed by atoms with Gasteiger partial charge in [0.15, 0.2) is 0 Å². The minimum absolute atomic E-state index is 0.221. The zero-order chi connectivity index (χ0) is 14.5. The lowest BCUT2D eigenvalue weighted by atomic mass is 9.96. The van der Waals surface area contributed by atoms with Gasteiger partial charge in [-0.3, -0.25) is 0 Å². The number of hydrogen-bond acceptors (Lipinski definition) is 5. The smallest absolute Gasteiger partial charge is 0.203 e. The fourth-order valence-electron chi connectivity index (χ4n) is 2.04. The standard InChI is InChI=1S/C15H21N3OS/c1-5-13-16-15(20-18-13)17-14(10(2)3)11-6-8-12(19-4)9-7-11/h6-10,14H,5H2,1-4H3,(H,16,17,18). The first-order chi connectivity index (χ1) is 9.63. The van der Waals surface area contributed by atoms with Crippen LogP contribution in [0, 0.1) is 5.92 Å². The second kappa shape index (κ2) is 6.70. The quantitative estimate of drug-likeness (QED) is 0.876. The summed E-state index contributed by atoms with van der Waals surface area (Å²) in [5, 5.41) is 4.38. The summed E-state index contributed by atoms with van der Waals surface area (Å²) in [6.45, 7) is 6.46. The molecule has 20 heavy (non-hydrogen) atoms. The third-order valence-electron chi connectivity index (χ3n) is 3.20. The lowest BCUT2D eigenvalue weighted by Crippen LogP contribution is -2.16. The first kappa shape index (κ1) is 14.8. The Kier molecular flexibility index (Phi) is 4.95. The zero-order valence-electron chi connectivity index (χ0n) is 12.4. The van der Waals surface area contributed by atoms with Gasteiger partial charge in [-0.1, -0.05) is 32.9 Å². The van der Waals surface area contributed by atoms with Crippen LogP contribution in [-0.4, -0.2) is 16.5 Å². The molecule has 1 aromatic carbocycles. The van der Waals surface area contributed by atoms with Crippen molar-refractivity contribution in [1.82, 2.24) is 9.36 Å². The number of anilines is 1. The Morgan fingerprint density at radius 2 is 1.95 bits per heavy atom. The van der Waals surface area contributed by atoms with E-state index >= 15 is 0 Å². The zero-order valence-corrected chi connectivity index (χ0v) is 13.2. The topological polar surface area (TPSA) is 47.0 Å². The van der Waals surface area contributed by atoms with Gasteiger partial charge in [-0.15, -0.1) is 0 Å². The Morgan fingerprint density at radius 3 is 2.45 bits per heavy atom. The van der Waals surface area contributed by atoms with Crippen LogP contribution in [0.5, 0.6) is 5.75 Å². The molecule has 0 aliphatic carbocycles. The van der Waals surface area contributed by atoms with Crippen molar-refractivity contribution in [2.45, 2.75) is 33.2 Å². The van der Waals surface area contributed by atoms with E-state index in [-0.39, 0.29) is 6.04 Å². The number of aromatic nitrogens is 2. The van der Waals surface area contributed by atoms with Crippen molar-refractivity contribution in [3.05, 3.63) is 35.7 Å². The minimum Gasteiger partial charge on any atom is -0.497 e. The Bertz CT molecular complexity index is 536. The molecular weight excluding hydrogens is 270 g/mol. The highest BCUT2D eigenvalue weighted by Crippen LogP contribution is 2.28.